The standard InChI is InChI=1S/C26H26FN3O4S/c1-3-30-12-11-18-21(14-30)35-25-22(18)24(31)28-23(29-25)16-7-10-19(20(13-16)33-4-2)34-26(32)15-5-8-17(27)9-6-15/h5-10,13,23,29H,3-4,11-12,14H2,1-2H3,(H,28,31). The van der Waals surface area contributed by atoms with Gasteiger partial charge in [-0.15, -0.1) is 11.3 Å². The van der Waals surface area contributed by atoms with Gasteiger partial charge in [-0.3, -0.25) is 9.69 Å². The Morgan fingerprint density at radius 1 is 1.14 bits per heavy atom. The van der Waals surface area contributed by atoms with Crippen molar-refractivity contribution in [3.63, 3.8) is 0 Å². The molecule has 0 radical (unpaired) electrons. The van der Waals surface area contributed by atoms with Crippen molar-refractivity contribution in [1.29, 1.82) is 0 Å². The minimum atomic E-state index is -0.613. The Balaban J connectivity index is 1.38. The van der Waals surface area contributed by atoms with Crippen molar-refractivity contribution in [2.75, 3.05) is 25.0 Å². The second-order valence-electron chi connectivity index (χ2n) is 8.41. The molecule has 2 aliphatic rings. The highest BCUT2D eigenvalue weighted by Crippen LogP contribution is 2.41. The first-order valence-electron chi connectivity index (χ1n) is 11.7. The molecule has 0 bridgehead atoms. The lowest BCUT2D eigenvalue weighted by atomic mass is 10.0. The molecule has 0 spiro atoms. The largest absolute Gasteiger partial charge is 0.490 e. The molecule has 0 fully saturated rings. The zero-order valence-corrected chi connectivity index (χ0v) is 20.3. The molecule has 0 aliphatic carbocycles. The number of benzene rings is 2. The van der Waals surface area contributed by atoms with E-state index < -0.39 is 18.0 Å². The van der Waals surface area contributed by atoms with Crippen LogP contribution in [0, 0.1) is 5.82 Å². The smallest absolute Gasteiger partial charge is 0.343 e. The van der Waals surface area contributed by atoms with Crippen molar-refractivity contribution in [2.24, 2.45) is 0 Å². The van der Waals surface area contributed by atoms with Crippen molar-refractivity contribution >= 4 is 28.2 Å². The molecule has 7 nitrogen and oxygen atoms in total. The summed E-state index contributed by atoms with van der Waals surface area (Å²) in [6.07, 6.45) is 0.427. The molecule has 9 heteroatoms. The van der Waals surface area contributed by atoms with Crippen molar-refractivity contribution in [3.05, 3.63) is 75.4 Å². The first-order chi connectivity index (χ1) is 17.0. The number of hydrogen-bond donors (Lipinski definition) is 2. The van der Waals surface area contributed by atoms with Crippen molar-refractivity contribution in [3.8, 4) is 11.5 Å². The third-order valence-electron chi connectivity index (χ3n) is 6.24. The van der Waals surface area contributed by atoms with Crippen molar-refractivity contribution < 1.29 is 23.5 Å². The van der Waals surface area contributed by atoms with Gasteiger partial charge >= 0.3 is 5.97 Å². The first-order valence-corrected chi connectivity index (χ1v) is 12.5. The Morgan fingerprint density at radius 2 is 1.94 bits per heavy atom. The number of fused-ring (bicyclic) bond motifs is 3. The van der Waals surface area contributed by atoms with Crippen LogP contribution < -0.4 is 20.1 Å². The maximum atomic E-state index is 13.2. The van der Waals surface area contributed by atoms with E-state index in [0.717, 1.165) is 47.7 Å². The normalized spacial score (nSPS) is 17.1. The van der Waals surface area contributed by atoms with Gasteiger partial charge in [0.1, 0.15) is 17.0 Å². The van der Waals surface area contributed by atoms with Gasteiger partial charge in [-0.25, -0.2) is 9.18 Å². The maximum Gasteiger partial charge on any atom is 0.343 e. The van der Waals surface area contributed by atoms with Crippen LogP contribution in [0.5, 0.6) is 11.5 Å². The number of rotatable bonds is 6. The van der Waals surface area contributed by atoms with Crippen LogP contribution in [-0.2, 0) is 13.0 Å². The number of carbonyl (C=O) groups excluding carboxylic acids is 2. The molecule has 1 aromatic heterocycles. The topological polar surface area (TPSA) is 79.9 Å². The predicted octanol–water partition coefficient (Wildman–Crippen LogP) is 4.74. The van der Waals surface area contributed by atoms with Gasteiger partial charge in [-0.05, 0) is 67.4 Å². The average Bonchev–Trinajstić information content (AvgIpc) is 3.23. The quantitative estimate of drug-likeness (QED) is 0.380. The molecular formula is C26H26FN3O4S. The van der Waals surface area contributed by atoms with Crippen LogP contribution in [-0.4, -0.2) is 36.5 Å². The average molecular weight is 496 g/mol. The fourth-order valence-electron chi connectivity index (χ4n) is 4.41. The summed E-state index contributed by atoms with van der Waals surface area (Å²) in [4.78, 5) is 29.2. The maximum absolute atomic E-state index is 13.2. The number of ether oxygens (including phenoxy) is 2. The zero-order valence-electron chi connectivity index (χ0n) is 19.5. The minimum Gasteiger partial charge on any atom is -0.490 e. The van der Waals surface area contributed by atoms with E-state index in [2.05, 4.69) is 22.5 Å². The van der Waals surface area contributed by atoms with Gasteiger partial charge in [0.15, 0.2) is 11.5 Å². The van der Waals surface area contributed by atoms with E-state index in [4.69, 9.17) is 9.47 Å². The van der Waals surface area contributed by atoms with Gasteiger partial charge < -0.3 is 20.1 Å². The lowest BCUT2D eigenvalue weighted by molar-refractivity contribution is 0.0728. The summed E-state index contributed by atoms with van der Waals surface area (Å²) in [5.74, 6) is -0.501. The monoisotopic (exact) mass is 495 g/mol. The highest BCUT2D eigenvalue weighted by atomic mass is 32.1. The summed E-state index contributed by atoms with van der Waals surface area (Å²) in [7, 11) is 0. The van der Waals surface area contributed by atoms with Gasteiger partial charge in [-0.1, -0.05) is 13.0 Å². The lowest BCUT2D eigenvalue weighted by Gasteiger charge is -2.28. The minimum absolute atomic E-state index is 0.0871. The van der Waals surface area contributed by atoms with Crippen LogP contribution in [0.1, 0.15) is 56.7 Å². The van der Waals surface area contributed by atoms with E-state index >= 15 is 0 Å². The van der Waals surface area contributed by atoms with Crippen molar-refractivity contribution in [1.82, 2.24) is 10.2 Å². The predicted molar refractivity (Wildman–Crippen MR) is 132 cm³/mol. The molecule has 182 valence electrons. The Hall–Kier alpha value is -3.43. The molecule has 1 amide bonds. The summed E-state index contributed by atoms with van der Waals surface area (Å²) >= 11 is 1.64. The second kappa shape index (κ2) is 9.67. The summed E-state index contributed by atoms with van der Waals surface area (Å²) in [5.41, 5.74) is 2.91. The highest BCUT2D eigenvalue weighted by molar-refractivity contribution is 7.16. The fourth-order valence-corrected chi connectivity index (χ4v) is 5.72. The van der Waals surface area contributed by atoms with Crippen LogP contribution >= 0.6 is 11.3 Å². The summed E-state index contributed by atoms with van der Waals surface area (Å²) in [6, 6.07) is 10.3. The molecule has 3 heterocycles. The third-order valence-corrected chi connectivity index (χ3v) is 7.39. The number of halogens is 1. The number of carbonyl (C=O) groups is 2. The lowest BCUT2D eigenvalue weighted by Crippen LogP contribution is -2.38. The summed E-state index contributed by atoms with van der Waals surface area (Å²) < 4.78 is 24.4. The molecule has 5 rings (SSSR count). The van der Waals surface area contributed by atoms with E-state index in [0.29, 0.717) is 12.4 Å². The Kier molecular flexibility index (Phi) is 6.44. The number of nitrogens with zero attached hydrogens (tertiary/aromatic N) is 1. The van der Waals surface area contributed by atoms with Gasteiger partial charge in [0.25, 0.3) is 5.91 Å². The van der Waals surface area contributed by atoms with Gasteiger partial charge in [0.05, 0.1) is 17.7 Å². The molecule has 2 N–H and O–H groups in total. The molecule has 0 saturated heterocycles. The number of amides is 1. The second-order valence-corrected chi connectivity index (χ2v) is 9.52. The van der Waals surface area contributed by atoms with E-state index in [9.17, 15) is 14.0 Å². The number of anilines is 1. The van der Waals surface area contributed by atoms with E-state index in [1.807, 2.05) is 6.92 Å². The molecule has 2 aromatic carbocycles. The van der Waals surface area contributed by atoms with E-state index in [1.165, 1.54) is 29.1 Å². The SMILES string of the molecule is CCOc1cc(C2NC(=O)c3c(sc4c3CCN(CC)C4)N2)ccc1OC(=O)c1ccc(F)cc1. The Bertz CT molecular complexity index is 1270. The highest BCUT2D eigenvalue weighted by Gasteiger charge is 2.33. The van der Waals surface area contributed by atoms with Crippen molar-refractivity contribution in [2.45, 2.75) is 33.0 Å². The fraction of sp³-hybridized carbons (Fsp3) is 0.308. The first kappa shape index (κ1) is 23.3. The molecule has 1 unspecified atom stereocenters. The molecule has 2 aliphatic heterocycles. The molecule has 3 aromatic rings. The Labute approximate surface area is 206 Å². The van der Waals surface area contributed by atoms with E-state index in [-0.39, 0.29) is 17.2 Å². The molecule has 0 saturated carbocycles. The summed E-state index contributed by atoms with van der Waals surface area (Å²) in [6.45, 7) is 7.16. The Morgan fingerprint density at radius 3 is 2.69 bits per heavy atom. The number of hydrogen-bond acceptors (Lipinski definition) is 7. The van der Waals surface area contributed by atoms with Crippen LogP contribution in [0.25, 0.3) is 0 Å². The summed E-state index contributed by atoms with van der Waals surface area (Å²) in [5, 5.41) is 7.40. The van der Waals surface area contributed by atoms with E-state index in [1.54, 1.807) is 29.5 Å². The molecule has 35 heavy (non-hydrogen) atoms. The number of thiophene rings is 1. The van der Waals surface area contributed by atoms with Crippen LogP contribution in [0.4, 0.5) is 9.39 Å². The van der Waals surface area contributed by atoms with Crippen LogP contribution in [0.15, 0.2) is 42.5 Å². The van der Waals surface area contributed by atoms with Crippen LogP contribution in [0.2, 0.25) is 0 Å². The number of likely N-dealkylation sites (N-methyl/N-ethyl adjacent to an activating group) is 1. The van der Waals surface area contributed by atoms with Gasteiger partial charge in [0, 0.05) is 18.0 Å². The van der Waals surface area contributed by atoms with Crippen LogP contribution in [0.3, 0.4) is 0 Å². The number of esters is 1. The molecule has 1 atom stereocenters. The van der Waals surface area contributed by atoms with Gasteiger partial charge in [-0.2, -0.15) is 0 Å². The third kappa shape index (κ3) is 4.61. The zero-order chi connectivity index (χ0) is 24.5. The molecular weight excluding hydrogens is 469 g/mol. The number of nitrogens with one attached hydrogen (secondary N) is 2. The van der Waals surface area contributed by atoms with Gasteiger partial charge in [0.2, 0.25) is 0 Å².